The third kappa shape index (κ3) is 4.37. The normalized spacial score (nSPS) is 44.5. The Morgan fingerprint density at radius 2 is 1.66 bits per heavy atom. The molecule has 0 radical (unpaired) electrons. The Kier molecular flexibility index (Phi) is 6.85. The summed E-state index contributed by atoms with van der Waals surface area (Å²) in [7, 11) is 0. The molecule has 0 heterocycles. The van der Waals surface area contributed by atoms with Crippen LogP contribution in [-0.4, -0.2) is 28.3 Å². The molecule has 0 spiro atoms. The third-order valence-electron chi connectivity index (χ3n) is 11.6. The van der Waals surface area contributed by atoms with E-state index in [-0.39, 0.29) is 35.0 Å². The number of hydrogen-bond acceptors (Lipinski definition) is 3. The molecule has 11 atom stereocenters. The van der Waals surface area contributed by atoms with Crippen LogP contribution < -0.4 is 5.32 Å². The Morgan fingerprint density at radius 1 is 0.971 bits per heavy atom. The Balaban J connectivity index is 1.27. The van der Waals surface area contributed by atoms with Crippen molar-refractivity contribution in [2.24, 2.45) is 46.3 Å². The number of benzene rings is 1. The van der Waals surface area contributed by atoms with Crippen LogP contribution >= 0.6 is 0 Å². The van der Waals surface area contributed by atoms with Gasteiger partial charge in [-0.25, -0.2) is 0 Å². The maximum Gasteiger partial charge on any atom is 0.220 e. The topological polar surface area (TPSA) is 69.6 Å². The van der Waals surface area contributed by atoms with Crippen LogP contribution in [0.2, 0.25) is 0 Å². The minimum Gasteiger partial charge on any atom is -0.393 e. The van der Waals surface area contributed by atoms with Gasteiger partial charge in [-0.05, 0) is 110 Å². The first-order chi connectivity index (χ1) is 16.6. The zero-order valence-corrected chi connectivity index (χ0v) is 22.2. The van der Waals surface area contributed by atoms with Gasteiger partial charge in [0.05, 0.1) is 18.2 Å². The monoisotopic (exact) mass is 481 g/mol. The van der Waals surface area contributed by atoms with Crippen LogP contribution in [0.3, 0.4) is 0 Å². The minimum atomic E-state index is -0.239. The smallest absolute Gasteiger partial charge is 0.220 e. The summed E-state index contributed by atoms with van der Waals surface area (Å²) in [5.41, 5.74) is 1.62. The van der Waals surface area contributed by atoms with Gasteiger partial charge < -0.3 is 15.5 Å². The van der Waals surface area contributed by atoms with E-state index in [9.17, 15) is 15.0 Å². The molecule has 0 saturated heterocycles. The SMILES string of the molecule is CC(NC(=O)C[C@@H](C)[C@H]1CC[C@H]2[C@@H]3[C@H](O)C[C@@H]4C[C@H](O)CC[C@]4(C)[C@H]3CC[C@]12C)c1ccccc1. The standard InChI is InChI=1S/C31H47NO3/c1-19(16-28(35)32-20(2)21-8-6-5-7-9-21)24-10-11-25-29-26(13-15-31(24,25)4)30(3)14-12-23(33)17-22(30)18-27(29)34/h5-9,19-20,22-27,29,33-34H,10-18H2,1-4H3,(H,32,35)/t19-,20?,22+,23-,24-,25+,26+,27-,29+,30+,31-/m1/s1. The Morgan fingerprint density at radius 3 is 2.40 bits per heavy atom. The molecular weight excluding hydrogens is 434 g/mol. The van der Waals surface area contributed by atoms with Crippen molar-refractivity contribution in [3.8, 4) is 0 Å². The zero-order chi connectivity index (χ0) is 25.0. The van der Waals surface area contributed by atoms with Crippen molar-refractivity contribution in [2.75, 3.05) is 0 Å². The van der Waals surface area contributed by atoms with Gasteiger partial charge in [0.1, 0.15) is 0 Å². The second-order valence-electron chi connectivity index (χ2n) is 13.3. The molecular formula is C31H47NO3. The zero-order valence-electron chi connectivity index (χ0n) is 22.2. The summed E-state index contributed by atoms with van der Waals surface area (Å²) >= 11 is 0. The maximum absolute atomic E-state index is 13.0. The number of aliphatic hydroxyl groups is 2. The van der Waals surface area contributed by atoms with Crippen molar-refractivity contribution < 1.29 is 15.0 Å². The second-order valence-corrected chi connectivity index (χ2v) is 13.3. The fourth-order valence-electron chi connectivity index (χ4n) is 9.74. The number of carbonyl (C=O) groups is 1. The highest BCUT2D eigenvalue weighted by atomic mass is 16.3. The van der Waals surface area contributed by atoms with Gasteiger partial charge in [-0.1, -0.05) is 51.1 Å². The van der Waals surface area contributed by atoms with Crippen LogP contribution in [0, 0.1) is 46.3 Å². The average molecular weight is 482 g/mol. The lowest BCUT2D eigenvalue weighted by Gasteiger charge is -2.62. The molecule has 0 bridgehead atoms. The van der Waals surface area contributed by atoms with E-state index in [1.54, 1.807) is 0 Å². The number of aliphatic hydroxyl groups excluding tert-OH is 2. The lowest BCUT2D eigenvalue weighted by molar-refractivity contribution is -0.174. The first-order valence-electron chi connectivity index (χ1n) is 14.3. The van der Waals surface area contributed by atoms with E-state index < -0.39 is 0 Å². The molecule has 4 fully saturated rings. The van der Waals surface area contributed by atoms with Crippen molar-refractivity contribution in [1.29, 1.82) is 0 Å². The van der Waals surface area contributed by atoms with Crippen molar-refractivity contribution in [3.05, 3.63) is 35.9 Å². The molecule has 4 saturated carbocycles. The summed E-state index contributed by atoms with van der Waals surface area (Å²) in [6.07, 6.45) is 8.70. The molecule has 1 aromatic rings. The van der Waals surface area contributed by atoms with Crippen LogP contribution in [0.5, 0.6) is 0 Å². The molecule has 0 aromatic heterocycles. The van der Waals surface area contributed by atoms with Crippen LogP contribution in [0.15, 0.2) is 30.3 Å². The number of hydrogen-bond donors (Lipinski definition) is 3. The number of carbonyl (C=O) groups excluding carboxylic acids is 1. The van der Waals surface area contributed by atoms with Crippen molar-refractivity contribution in [3.63, 3.8) is 0 Å². The Hall–Kier alpha value is -1.39. The van der Waals surface area contributed by atoms with E-state index in [1.807, 2.05) is 18.2 Å². The molecule has 5 rings (SSSR count). The average Bonchev–Trinajstić information content (AvgIpc) is 3.18. The largest absolute Gasteiger partial charge is 0.393 e. The van der Waals surface area contributed by atoms with Crippen LogP contribution in [0.25, 0.3) is 0 Å². The molecule has 194 valence electrons. The summed E-state index contributed by atoms with van der Waals surface area (Å²) in [5.74, 6) is 3.01. The molecule has 3 N–H and O–H groups in total. The lowest BCUT2D eigenvalue weighted by atomic mass is 9.43. The number of amides is 1. The quantitative estimate of drug-likeness (QED) is 0.492. The highest BCUT2D eigenvalue weighted by molar-refractivity contribution is 5.76. The van der Waals surface area contributed by atoms with Gasteiger partial charge in [0.15, 0.2) is 0 Å². The predicted octanol–water partition coefficient (Wildman–Crippen LogP) is 5.88. The van der Waals surface area contributed by atoms with Gasteiger partial charge in [0, 0.05) is 6.42 Å². The minimum absolute atomic E-state index is 0.0262. The van der Waals surface area contributed by atoms with Crippen LogP contribution in [0.4, 0.5) is 0 Å². The molecule has 1 amide bonds. The first-order valence-corrected chi connectivity index (χ1v) is 14.3. The molecule has 1 unspecified atom stereocenters. The van der Waals surface area contributed by atoms with Crippen molar-refractivity contribution in [2.45, 2.75) is 104 Å². The molecule has 0 aliphatic heterocycles. The molecule has 4 heteroatoms. The van der Waals surface area contributed by atoms with E-state index in [0.717, 1.165) is 31.2 Å². The summed E-state index contributed by atoms with van der Waals surface area (Å²) in [5, 5.41) is 25.0. The lowest BCUT2D eigenvalue weighted by Crippen LogP contribution is -2.58. The van der Waals surface area contributed by atoms with Crippen molar-refractivity contribution in [1.82, 2.24) is 5.32 Å². The van der Waals surface area contributed by atoms with E-state index >= 15 is 0 Å². The van der Waals surface area contributed by atoms with E-state index in [2.05, 4.69) is 45.1 Å². The van der Waals surface area contributed by atoms with Gasteiger partial charge in [0.25, 0.3) is 0 Å². The molecule has 35 heavy (non-hydrogen) atoms. The van der Waals surface area contributed by atoms with E-state index in [0.29, 0.717) is 41.9 Å². The van der Waals surface area contributed by atoms with Crippen LogP contribution in [-0.2, 0) is 4.79 Å². The highest BCUT2D eigenvalue weighted by Crippen LogP contribution is 2.68. The summed E-state index contributed by atoms with van der Waals surface area (Å²) < 4.78 is 0. The van der Waals surface area contributed by atoms with Gasteiger partial charge in [-0.2, -0.15) is 0 Å². The Bertz CT molecular complexity index is 904. The van der Waals surface area contributed by atoms with Gasteiger partial charge in [-0.15, -0.1) is 0 Å². The van der Waals surface area contributed by atoms with Crippen molar-refractivity contribution >= 4 is 5.91 Å². The molecule has 4 nitrogen and oxygen atoms in total. The Labute approximate surface area is 212 Å². The number of nitrogens with one attached hydrogen (secondary N) is 1. The second kappa shape index (κ2) is 9.49. The molecule has 4 aliphatic rings. The number of rotatable bonds is 5. The molecule has 4 aliphatic carbocycles. The van der Waals surface area contributed by atoms with Gasteiger partial charge in [-0.3, -0.25) is 4.79 Å². The number of fused-ring (bicyclic) bond motifs is 5. The van der Waals surface area contributed by atoms with E-state index in [1.165, 1.54) is 25.7 Å². The highest BCUT2D eigenvalue weighted by Gasteiger charge is 2.62. The third-order valence-corrected chi connectivity index (χ3v) is 11.6. The predicted molar refractivity (Wildman–Crippen MR) is 139 cm³/mol. The summed E-state index contributed by atoms with van der Waals surface area (Å²) in [6, 6.07) is 10.2. The fourth-order valence-corrected chi connectivity index (χ4v) is 9.74. The van der Waals surface area contributed by atoms with Crippen LogP contribution in [0.1, 0.15) is 97.1 Å². The summed E-state index contributed by atoms with van der Waals surface area (Å²) in [6.45, 7) is 9.31. The molecule has 1 aromatic carbocycles. The van der Waals surface area contributed by atoms with Gasteiger partial charge in [0.2, 0.25) is 5.91 Å². The van der Waals surface area contributed by atoms with E-state index in [4.69, 9.17) is 0 Å². The summed E-state index contributed by atoms with van der Waals surface area (Å²) in [4.78, 5) is 13.0. The van der Waals surface area contributed by atoms with Gasteiger partial charge >= 0.3 is 0 Å². The maximum atomic E-state index is 13.0. The first kappa shape index (κ1) is 25.3. The fraction of sp³-hybridized carbons (Fsp3) is 0.774.